The summed E-state index contributed by atoms with van der Waals surface area (Å²) in [6.07, 6.45) is 86.4. The van der Waals surface area contributed by atoms with Gasteiger partial charge >= 0.3 is 17.9 Å². The first-order valence-corrected chi connectivity index (χ1v) is 33.1. The van der Waals surface area contributed by atoms with Gasteiger partial charge < -0.3 is 14.2 Å². The van der Waals surface area contributed by atoms with E-state index in [0.29, 0.717) is 19.3 Å². The summed E-state index contributed by atoms with van der Waals surface area (Å²) in [7, 11) is 0. The number of allylic oxidation sites excluding steroid dienone is 14. The Kier molecular flexibility index (Phi) is 62.2. The molecule has 0 aromatic rings. The van der Waals surface area contributed by atoms with Gasteiger partial charge in [-0.3, -0.25) is 14.4 Å². The normalized spacial score (nSPS) is 12.6. The highest BCUT2D eigenvalue weighted by molar-refractivity contribution is 5.71. The molecule has 77 heavy (non-hydrogen) atoms. The van der Waals surface area contributed by atoms with Crippen molar-refractivity contribution in [2.45, 2.75) is 335 Å². The number of carbonyl (C=O) groups excluding carboxylic acids is 3. The van der Waals surface area contributed by atoms with Gasteiger partial charge in [-0.15, -0.1) is 0 Å². The van der Waals surface area contributed by atoms with E-state index in [0.717, 1.165) is 89.9 Å². The Balaban J connectivity index is 4.24. The Morgan fingerprint density at radius 1 is 0.273 bits per heavy atom. The SMILES string of the molecule is CC/C=C\C/C=C\C/C=C\C/C=C\C/C=C\C/C=C\CCC(=O)OC(COC(=O)CCCCCCC/C=C\CCCC)COC(=O)CCCCCCCCCCCCCCCCCCCCCCCCCCCCCCC. The monoisotopic (exact) mass is 1070 g/mol. The molecule has 1 atom stereocenters. The van der Waals surface area contributed by atoms with E-state index in [2.05, 4.69) is 99.8 Å². The lowest BCUT2D eigenvalue weighted by molar-refractivity contribution is -0.166. The van der Waals surface area contributed by atoms with Gasteiger partial charge in [-0.25, -0.2) is 0 Å². The minimum atomic E-state index is -0.820. The molecule has 0 fully saturated rings. The highest BCUT2D eigenvalue weighted by atomic mass is 16.6. The molecule has 0 aliphatic heterocycles. The second-order valence-electron chi connectivity index (χ2n) is 22.0. The van der Waals surface area contributed by atoms with E-state index in [1.807, 2.05) is 6.08 Å². The third-order valence-corrected chi connectivity index (χ3v) is 14.4. The van der Waals surface area contributed by atoms with Gasteiger partial charge in [0.1, 0.15) is 13.2 Å². The predicted octanol–water partition coefficient (Wildman–Crippen LogP) is 22.7. The zero-order valence-corrected chi connectivity index (χ0v) is 51.0. The van der Waals surface area contributed by atoms with Crippen molar-refractivity contribution in [3.8, 4) is 0 Å². The van der Waals surface area contributed by atoms with Crippen LogP contribution in [0.3, 0.4) is 0 Å². The molecular formula is C71H124O6. The van der Waals surface area contributed by atoms with Gasteiger partial charge in [0.05, 0.1) is 0 Å². The maximum atomic E-state index is 12.8. The van der Waals surface area contributed by atoms with E-state index in [1.165, 1.54) is 193 Å². The summed E-state index contributed by atoms with van der Waals surface area (Å²) in [4.78, 5) is 38.2. The molecule has 0 spiro atoms. The van der Waals surface area contributed by atoms with Crippen molar-refractivity contribution in [2.24, 2.45) is 0 Å². The first kappa shape index (κ1) is 73.6. The van der Waals surface area contributed by atoms with Gasteiger partial charge in [-0.1, -0.05) is 318 Å². The number of unbranched alkanes of at least 4 members (excludes halogenated alkanes) is 35. The maximum absolute atomic E-state index is 12.8. The van der Waals surface area contributed by atoms with Crippen LogP contribution >= 0.6 is 0 Å². The van der Waals surface area contributed by atoms with E-state index in [9.17, 15) is 14.4 Å². The molecule has 1 unspecified atom stereocenters. The van der Waals surface area contributed by atoms with Crippen LogP contribution in [0, 0.1) is 0 Å². The highest BCUT2D eigenvalue weighted by Gasteiger charge is 2.19. The fourth-order valence-corrected chi connectivity index (χ4v) is 9.45. The van der Waals surface area contributed by atoms with Crippen molar-refractivity contribution in [3.05, 3.63) is 85.1 Å². The first-order chi connectivity index (χ1) is 38.0. The molecule has 0 aromatic heterocycles. The van der Waals surface area contributed by atoms with E-state index >= 15 is 0 Å². The summed E-state index contributed by atoms with van der Waals surface area (Å²) >= 11 is 0. The van der Waals surface area contributed by atoms with Crippen LogP contribution in [0.15, 0.2) is 85.1 Å². The minimum absolute atomic E-state index is 0.107. The summed E-state index contributed by atoms with van der Waals surface area (Å²) in [5, 5.41) is 0. The van der Waals surface area contributed by atoms with Crippen molar-refractivity contribution < 1.29 is 28.6 Å². The molecule has 0 amide bonds. The number of ether oxygens (including phenoxy) is 3. The maximum Gasteiger partial charge on any atom is 0.306 e. The average Bonchev–Trinajstić information content (AvgIpc) is 3.43. The van der Waals surface area contributed by atoms with E-state index < -0.39 is 12.1 Å². The molecule has 0 aliphatic rings. The van der Waals surface area contributed by atoms with E-state index in [-0.39, 0.29) is 31.6 Å². The Hall–Kier alpha value is -3.41. The van der Waals surface area contributed by atoms with Crippen LogP contribution in [-0.2, 0) is 28.6 Å². The molecule has 444 valence electrons. The van der Waals surface area contributed by atoms with Gasteiger partial charge in [0.15, 0.2) is 6.10 Å². The van der Waals surface area contributed by atoms with Gasteiger partial charge in [-0.05, 0) is 77.0 Å². The number of carbonyl (C=O) groups is 3. The molecule has 0 saturated carbocycles. The molecule has 0 aromatic carbocycles. The molecule has 0 N–H and O–H groups in total. The third kappa shape index (κ3) is 63.3. The van der Waals surface area contributed by atoms with Gasteiger partial charge in [0.2, 0.25) is 0 Å². The van der Waals surface area contributed by atoms with Gasteiger partial charge in [0, 0.05) is 19.3 Å². The Morgan fingerprint density at radius 2 is 0.545 bits per heavy atom. The van der Waals surface area contributed by atoms with E-state index in [4.69, 9.17) is 14.2 Å². The minimum Gasteiger partial charge on any atom is -0.462 e. The van der Waals surface area contributed by atoms with Crippen LogP contribution in [-0.4, -0.2) is 37.2 Å². The second kappa shape index (κ2) is 65.1. The Morgan fingerprint density at radius 3 is 0.883 bits per heavy atom. The molecule has 0 heterocycles. The average molecular weight is 1070 g/mol. The largest absolute Gasteiger partial charge is 0.462 e. The number of esters is 3. The zero-order valence-electron chi connectivity index (χ0n) is 51.0. The zero-order chi connectivity index (χ0) is 55.7. The van der Waals surface area contributed by atoms with Gasteiger partial charge in [-0.2, -0.15) is 0 Å². The fraction of sp³-hybridized carbons (Fsp3) is 0.761. The van der Waals surface area contributed by atoms with Crippen molar-refractivity contribution in [2.75, 3.05) is 13.2 Å². The van der Waals surface area contributed by atoms with Crippen molar-refractivity contribution in [1.82, 2.24) is 0 Å². The summed E-state index contributed by atoms with van der Waals surface area (Å²) in [5.74, 6) is -0.991. The Bertz CT molecular complexity index is 1470. The summed E-state index contributed by atoms with van der Waals surface area (Å²) in [6.45, 7) is 6.45. The van der Waals surface area contributed by atoms with Crippen LogP contribution in [0.5, 0.6) is 0 Å². The fourth-order valence-electron chi connectivity index (χ4n) is 9.45. The lowest BCUT2D eigenvalue weighted by Crippen LogP contribution is -2.30. The summed E-state index contributed by atoms with van der Waals surface area (Å²) in [6, 6.07) is 0. The van der Waals surface area contributed by atoms with Crippen LogP contribution in [0.1, 0.15) is 329 Å². The van der Waals surface area contributed by atoms with Crippen LogP contribution in [0.25, 0.3) is 0 Å². The lowest BCUT2D eigenvalue weighted by Gasteiger charge is -2.18. The molecule has 6 heteroatoms. The smallest absolute Gasteiger partial charge is 0.306 e. The summed E-state index contributed by atoms with van der Waals surface area (Å²) in [5.41, 5.74) is 0. The number of rotatable bonds is 60. The third-order valence-electron chi connectivity index (χ3n) is 14.4. The quantitative estimate of drug-likeness (QED) is 0.0261. The molecule has 0 rings (SSSR count). The van der Waals surface area contributed by atoms with Crippen LogP contribution in [0.4, 0.5) is 0 Å². The predicted molar refractivity (Wildman–Crippen MR) is 334 cm³/mol. The molecular weight excluding hydrogens is 949 g/mol. The van der Waals surface area contributed by atoms with Crippen molar-refractivity contribution in [1.29, 1.82) is 0 Å². The van der Waals surface area contributed by atoms with Crippen LogP contribution < -0.4 is 0 Å². The van der Waals surface area contributed by atoms with Crippen molar-refractivity contribution >= 4 is 17.9 Å². The highest BCUT2D eigenvalue weighted by Crippen LogP contribution is 2.18. The topological polar surface area (TPSA) is 78.9 Å². The first-order valence-electron chi connectivity index (χ1n) is 33.1. The van der Waals surface area contributed by atoms with Gasteiger partial charge in [0.25, 0.3) is 0 Å². The Labute approximate surface area is 477 Å². The molecule has 0 aliphatic carbocycles. The number of hydrogen-bond donors (Lipinski definition) is 0. The van der Waals surface area contributed by atoms with E-state index in [1.54, 1.807) is 0 Å². The molecule has 0 bridgehead atoms. The van der Waals surface area contributed by atoms with Crippen molar-refractivity contribution in [3.63, 3.8) is 0 Å². The molecule has 0 saturated heterocycles. The second-order valence-corrected chi connectivity index (χ2v) is 22.0. The standard InChI is InChI=1S/C71H124O6/c1-4-7-10-13-16-19-22-24-26-28-30-31-32-33-34-35-36-37-38-39-41-42-44-46-49-52-55-58-61-64-70(73)76-67-68(66-75-69(72)63-60-57-54-51-48-21-18-15-12-9-6-3)77-71(74)65-62-59-56-53-50-47-45-43-40-29-27-25-23-20-17-14-11-8-5-2/h8,11,15,17-18,20,25,27,40,43,47,50,56,59,68H,4-7,9-10,12-14,16,19,21-24,26,28-39,41-42,44-46,48-49,51-55,57-58,60-67H2,1-3H3/b11-8-,18-15-,20-17-,27-25-,43-40-,50-47-,59-56-. The molecule has 0 radical (unpaired) electrons. The molecule has 6 nitrogen and oxygen atoms in total. The summed E-state index contributed by atoms with van der Waals surface area (Å²) < 4.78 is 16.8. The van der Waals surface area contributed by atoms with Crippen LogP contribution in [0.2, 0.25) is 0 Å². The number of hydrogen-bond acceptors (Lipinski definition) is 6. The lowest BCUT2D eigenvalue weighted by atomic mass is 10.0.